The van der Waals surface area contributed by atoms with Crippen LogP contribution in [0.2, 0.25) is 0 Å². The molecule has 0 radical (unpaired) electrons. The lowest BCUT2D eigenvalue weighted by Crippen LogP contribution is -2.31. The van der Waals surface area contributed by atoms with Gasteiger partial charge in [-0.3, -0.25) is 4.79 Å². The fraction of sp³-hybridized carbons (Fsp3) is 0.727. The molecule has 6 heteroatoms. The molecular weight excluding hydrogens is 218 g/mol. The number of carbonyl (C=O) groups is 1. The first-order chi connectivity index (χ1) is 8.15. The van der Waals surface area contributed by atoms with Gasteiger partial charge >= 0.3 is 0 Å². The van der Waals surface area contributed by atoms with Crippen LogP contribution in [0.4, 0.5) is 0 Å². The third-order valence-corrected chi connectivity index (χ3v) is 2.76. The molecule has 0 aliphatic carbocycles. The van der Waals surface area contributed by atoms with Crippen LogP contribution >= 0.6 is 0 Å². The van der Waals surface area contributed by atoms with Crippen molar-refractivity contribution in [3.8, 4) is 0 Å². The highest BCUT2D eigenvalue weighted by Crippen LogP contribution is 2.03. The van der Waals surface area contributed by atoms with Crippen molar-refractivity contribution < 1.29 is 4.79 Å². The molecule has 0 spiro atoms. The van der Waals surface area contributed by atoms with E-state index in [0.29, 0.717) is 25.4 Å². The Morgan fingerprint density at radius 3 is 3.12 bits per heavy atom. The van der Waals surface area contributed by atoms with E-state index in [1.54, 1.807) is 6.33 Å². The standard InChI is InChI=1S/C11H19N5O/c1-8(2)6-16-10(14-7-15-16)5-12-9-3-11(17)13-4-9/h7-9,12H,3-6H2,1-2H3,(H,13,17). The van der Waals surface area contributed by atoms with E-state index >= 15 is 0 Å². The molecule has 1 aromatic heterocycles. The van der Waals surface area contributed by atoms with Crippen LogP contribution in [0.1, 0.15) is 26.1 Å². The molecule has 1 saturated heterocycles. The lowest BCUT2D eigenvalue weighted by Gasteiger charge is -2.12. The highest BCUT2D eigenvalue weighted by molar-refractivity contribution is 5.78. The number of aromatic nitrogens is 3. The molecule has 6 nitrogen and oxygen atoms in total. The van der Waals surface area contributed by atoms with E-state index in [-0.39, 0.29) is 11.9 Å². The fourth-order valence-electron chi connectivity index (χ4n) is 1.91. The summed E-state index contributed by atoms with van der Waals surface area (Å²) in [6, 6.07) is 0.215. The van der Waals surface area contributed by atoms with Crippen LogP contribution in [0.5, 0.6) is 0 Å². The molecule has 2 rings (SSSR count). The van der Waals surface area contributed by atoms with Crippen molar-refractivity contribution in [3.63, 3.8) is 0 Å². The molecule has 94 valence electrons. The Kier molecular flexibility index (Phi) is 3.73. The normalized spacial score (nSPS) is 19.9. The van der Waals surface area contributed by atoms with Gasteiger partial charge in [0.1, 0.15) is 12.2 Å². The van der Waals surface area contributed by atoms with E-state index in [0.717, 1.165) is 12.4 Å². The lowest BCUT2D eigenvalue weighted by atomic mass is 10.2. The second kappa shape index (κ2) is 5.27. The summed E-state index contributed by atoms with van der Waals surface area (Å²) in [6.45, 7) is 6.54. The summed E-state index contributed by atoms with van der Waals surface area (Å²) in [5.41, 5.74) is 0. The first-order valence-corrected chi connectivity index (χ1v) is 6.02. The van der Waals surface area contributed by atoms with Crippen molar-refractivity contribution in [3.05, 3.63) is 12.2 Å². The van der Waals surface area contributed by atoms with Gasteiger partial charge in [0, 0.05) is 25.6 Å². The third-order valence-electron chi connectivity index (χ3n) is 2.76. The van der Waals surface area contributed by atoms with E-state index in [1.807, 2.05) is 4.68 Å². The predicted molar refractivity (Wildman–Crippen MR) is 63.1 cm³/mol. The highest BCUT2D eigenvalue weighted by Gasteiger charge is 2.21. The maximum absolute atomic E-state index is 11.0. The van der Waals surface area contributed by atoms with Gasteiger partial charge in [-0.1, -0.05) is 13.8 Å². The van der Waals surface area contributed by atoms with E-state index in [9.17, 15) is 4.79 Å². The van der Waals surface area contributed by atoms with Crippen molar-refractivity contribution >= 4 is 5.91 Å². The van der Waals surface area contributed by atoms with Crippen molar-refractivity contribution in [2.45, 2.75) is 39.4 Å². The molecule has 1 atom stereocenters. The Morgan fingerprint density at radius 1 is 1.65 bits per heavy atom. The molecular formula is C11H19N5O. The molecule has 2 N–H and O–H groups in total. The summed E-state index contributed by atoms with van der Waals surface area (Å²) in [5, 5.41) is 10.3. The van der Waals surface area contributed by atoms with E-state index in [1.165, 1.54) is 0 Å². The Balaban J connectivity index is 1.86. The molecule has 17 heavy (non-hydrogen) atoms. The second-order valence-corrected chi connectivity index (χ2v) is 4.84. The predicted octanol–water partition coefficient (Wildman–Crippen LogP) is -0.0878. The maximum Gasteiger partial charge on any atom is 0.221 e. The summed E-state index contributed by atoms with van der Waals surface area (Å²) >= 11 is 0. The van der Waals surface area contributed by atoms with Crippen molar-refractivity contribution in [1.29, 1.82) is 0 Å². The number of rotatable bonds is 5. The average molecular weight is 237 g/mol. The average Bonchev–Trinajstić information content (AvgIpc) is 2.84. The number of nitrogens with zero attached hydrogens (tertiary/aromatic N) is 3. The van der Waals surface area contributed by atoms with E-state index in [4.69, 9.17) is 0 Å². The minimum atomic E-state index is 0.117. The van der Waals surface area contributed by atoms with Gasteiger partial charge in [-0.2, -0.15) is 5.10 Å². The van der Waals surface area contributed by atoms with Gasteiger partial charge in [-0.15, -0.1) is 0 Å². The van der Waals surface area contributed by atoms with E-state index in [2.05, 4.69) is 34.6 Å². The summed E-state index contributed by atoms with van der Waals surface area (Å²) in [4.78, 5) is 15.3. The van der Waals surface area contributed by atoms with Gasteiger partial charge in [0.15, 0.2) is 0 Å². The molecule has 0 bridgehead atoms. The number of carbonyl (C=O) groups excluding carboxylic acids is 1. The monoisotopic (exact) mass is 237 g/mol. The summed E-state index contributed by atoms with van der Waals surface area (Å²) in [6.07, 6.45) is 2.13. The maximum atomic E-state index is 11.0. The molecule has 1 aromatic rings. The van der Waals surface area contributed by atoms with Crippen LogP contribution in [-0.2, 0) is 17.9 Å². The van der Waals surface area contributed by atoms with Gasteiger partial charge in [0.05, 0.1) is 6.54 Å². The number of amides is 1. The number of hydrogen-bond acceptors (Lipinski definition) is 4. The van der Waals surface area contributed by atoms with Crippen LogP contribution in [0.15, 0.2) is 6.33 Å². The Bertz CT molecular complexity index is 387. The molecule has 1 aliphatic rings. The minimum absolute atomic E-state index is 0.117. The SMILES string of the molecule is CC(C)Cn1ncnc1CNC1CNC(=O)C1. The fourth-order valence-corrected chi connectivity index (χ4v) is 1.91. The second-order valence-electron chi connectivity index (χ2n) is 4.84. The Hall–Kier alpha value is -1.43. The first-order valence-electron chi connectivity index (χ1n) is 6.02. The molecule has 0 saturated carbocycles. The molecule has 1 aliphatic heterocycles. The summed E-state index contributed by atoms with van der Waals surface area (Å²) in [7, 11) is 0. The minimum Gasteiger partial charge on any atom is -0.354 e. The first kappa shape index (κ1) is 12.0. The van der Waals surface area contributed by atoms with Crippen molar-refractivity contribution in [2.75, 3.05) is 6.54 Å². The van der Waals surface area contributed by atoms with Crippen LogP contribution in [0.25, 0.3) is 0 Å². The molecule has 1 amide bonds. The van der Waals surface area contributed by atoms with Crippen molar-refractivity contribution in [1.82, 2.24) is 25.4 Å². The molecule has 1 fully saturated rings. The molecule has 2 heterocycles. The Morgan fingerprint density at radius 2 is 2.47 bits per heavy atom. The van der Waals surface area contributed by atoms with Gasteiger partial charge in [-0.05, 0) is 5.92 Å². The smallest absolute Gasteiger partial charge is 0.221 e. The van der Waals surface area contributed by atoms with Crippen molar-refractivity contribution in [2.24, 2.45) is 5.92 Å². The lowest BCUT2D eigenvalue weighted by molar-refractivity contribution is -0.119. The van der Waals surface area contributed by atoms with Crippen LogP contribution in [0.3, 0.4) is 0 Å². The van der Waals surface area contributed by atoms with Crippen LogP contribution in [0, 0.1) is 5.92 Å². The topological polar surface area (TPSA) is 71.8 Å². The zero-order chi connectivity index (χ0) is 12.3. The van der Waals surface area contributed by atoms with Gasteiger partial charge in [0.2, 0.25) is 5.91 Å². The van der Waals surface area contributed by atoms with Gasteiger partial charge in [-0.25, -0.2) is 9.67 Å². The van der Waals surface area contributed by atoms with Crippen LogP contribution in [-0.4, -0.2) is 33.3 Å². The quantitative estimate of drug-likeness (QED) is 0.751. The number of nitrogens with one attached hydrogen (secondary N) is 2. The molecule has 1 unspecified atom stereocenters. The largest absolute Gasteiger partial charge is 0.354 e. The third kappa shape index (κ3) is 3.26. The molecule has 0 aromatic carbocycles. The number of hydrogen-bond donors (Lipinski definition) is 2. The Labute approximate surface area is 101 Å². The van der Waals surface area contributed by atoms with Crippen LogP contribution < -0.4 is 10.6 Å². The van der Waals surface area contributed by atoms with Gasteiger partial charge in [0.25, 0.3) is 0 Å². The zero-order valence-corrected chi connectivity index (χ0v) is 10.3. The van der Waals surface area contributed by atoms with Gasteiger partial charge < -0.3 is 10.6 Å². The highest BCUT2D eigenvalue weighted by atomic mass is 16.1. The van der Waals surface area contributed by atoms with E-state index < -0.39 is 0 Å². The summed E-state index contributed by atoms with van der Waals surface area (Å²) < 4.78 is 1.92. The summed E-state index contributed by atoms with van der Waals surface area (Å²) in [5.74, 6) is 1.59. The zero-order valence-electron chi connectivity index (χ0n) is 10.3.